The third-order valence-electron chi connectivity index (χ3n) is 3.39. The Hall–Kier alpha value is -0.850. The van der Waals surface area contributed by atoms with Gasteiger partial charge in [-0.25, -0.2) is 5.84 Å². The van der Waals surface area contributed by atoms with E-state index in [1.54, 1.807) is 14.2 Å². The molecule has 106 valence electrons. The van der Waals surface area contributed by atoms with Crippen LogP contribution in [0.2, 0.25) is 0 Å². The maximum atomic E-state index is 5.55. The van der Waals surface area contributed by atoms with E-state index in [-0.39, 0.29) is 6.10 Å². The Morgan fingerprint density at radius 3 is 2.89 bits per heavy atom. The van der Waals surface area contributed by atoms with Crippen LogP contribution in [0.1, 0.15) is 19.8 Å². The summed E-state index contributed by atoms with van der Waals surface area (Å²) in [6.45, 7) is 5.46. The first-order valence-electron chi connectivity index (χ1n) is 6.50. The molecule has 3 N–H and O–H groups in total. The van der Waals surface area contributed by atoms with Crippen LogP contribution in [0.15, 0.2) is 4.99 Å². The van der Waals surface area contributed by atoms with Crippen LogP contribution in [-0.4, -0.2) is 57.4 Å². The van der Waals surface area contributed by atoms with E-state index in [1.165, 1.54) is 0 Å². The highest BCUT2D eigenvalue weighted by molar-refractivity contribution is 5.79. The maximum absolute atomic E-state index is 5.55. The number of hydrazine groups is 1. The Morgan fingerprint density at radius 1 is 1.50 bits per heavy atom. The number of likely N-dealkylation sites (tertiary alicyclic amines) is 1. The second kappa shape index (κ2) is 8.29. The van der Waals surface area contributed by atoms with E-state index in [2.05, 4.69) is 22.2 Å². The Kier molecular flexibility index (Phi) is 7.00. The standard InChI is InChI=1S/C12H26N4O2/c1-10-5-7-16(9-11(10)18-3)12(15-13)14-6-4-8-17-2/h10-11H,4-9,13H2,1-3H3,(H,14,15). The van der Waals surface area contributed by atoms with Crippen LogP contribution in [-0.2, 0) is 9.47 Å². The molecule has 0 saturated carbocycles. The highest BCUT2D eigenvalue weighted by Crippen LogP contribution is 2.19. The van der Waals surface area contributed by atoms with Gasteiger partial charge in [0.05, 0.1) is 6.10 Å². The molecule has 0 aromatic rings. The van der Waals surface area contributed by atoms with Crippen LogP contribution in [0.25, 0.3) is 0 Å². The molecule has 0 bridgehead atoms. The smallest absolute Gasteiger partial charge is 0.208 e. The Balaban J connectivity index is 2.49. The minimum absolute atomic E-state index is 0.247. The van der Waals surface area contributed by atoms with Crippen LogP contribution in [0.4, 0.5) is 0 Å². The number of guanidine groups is 1. The summed E-state index contributed by atoms with van der Waals surface area (Å²) >= 11 is 0. The second-order valence-electron chi connectivity index (χ2n) is 4.68. The summed E-state index contributed by atoms with van der Waals surface area (Å²) in [6, 6.07) is 0. The molecule has 0 radical (unpaired) electrons. The first-order valence-corrected chi connectivity index (χ1v) is 6.50. The minimum Gasteiger partial charge on any atom is -0.385 e. The van der Waals surface area contributed by atoms with Crippen LogP contribution in [0.5, 0.6) is 0 Å². The minimum atomic E-state index is 0.247. The van der Waals surface area contributed by atoms with Gasteiger partial charge in [-0.3, -0.25) is 10.4 Å². The Labute approximate surface area is 109 Å². The molecule has 6 nitrogen and oxygen atoms in total. The molecule has 0 aromatic heterocycles. The summed E-state index contributed by atoms with van der Waals surface area (Å²) in [4.78, 5) is 6.62. The second-order valence-corrected chi connectivity index (χ2v) is 4.68. The largest absolute Gasteiger partial charge is 0.385 e. The van der Waals surface area contributed by atoms with Crippen LogP contribution in [0, 0.1) is 5.92 Å². The van der Waals surface area contributed by atoms with Crippen molar-refractivity contribution < 1.29 is 9.47 Å². The van der Waals surface area contributed by atoms with Crippen molar-refractivity contribution in [3.63, 3.8) is 0 Å². The maximum Gasteiger partial charge on any atom is 0.208 e. The summed E-state index contributed by atoms with van der Waals surface area (Å²) in [5, 5.41) is 0. The van der Waals surface area contributed by atoms with Crippen LogP contribution >= 0.6 is 0 Å². The van der Waals surface area contributed by atoms with Gasteiger partial charge in [0.25, 0.3) is 0 Å². The lowest BCUT2D eigenvalue weighted by molar-refractivity contribution is 0.0139. The molecule has 6 heteroatoms. The van der Waals surface area contributed by atoms with Crippen molar-refractivity contribution in [2.24, 2.45) is 16.8 Å². The van der Waals surface area contributed by atoms with Crippen molar-refractivity contribution in [1.29, 1.82) is 0 Å². The number of aliphatic imine (C=N–C) groups is 1. The van der Waals surface area contributed by atoms with Gasteiger partial charge in [-0.2, -0.15) is 0 Å². The Morgan fingerprint density at radius 2 is 2.28 bits per heavy atom. The van der Waals surface area contributed by atoms with Gasteiger partial charge >= 0.3 is 0 Å². The molecular weight excluding hydrogens is 232 g/mol. The van der Waals surface area contributed by atoms with Gasteiger partial charge in [0.1, 0.15) is 0 Å². The summed E-state index contributed by atoms with van der Waals surface area (Å²) in [5.41, 5.74) is 2.69. The molecule has 1 aliphatic rings. The number of ether oxygens (including phenoxy) is 2. The quantitative estimate of drug-likeness (QED) is 0.242. The van der Waals surface area contributed by atoms with Crippen molar-refractivity contribution >= 4 is 5.96 Å². The lowest BCUT2D eigenvalue weighted by Gasteiger charge is -2.37. The number of piperidine rings is 1. The van der Waals surface area contributed by atoms with Gasteiger partial charge < -0.3 is 14.4 Å². The third kappa shape index (κ3) is 4.44. The van der Waals surface area contributed by atoms with Gasteiger partial charge in [-0.05, 0) is 18.8 Å². The molecule has 1 fully saturated rings. The number of nitrogens with one attached hydrogen (secondary N) is 1. The highest BCUT2D eigenvalue weighted by atomic mass is 16.5. The molecule has 1 saturated heterocycles. The zero-order valence-electron chi connectivity index (χ0n) is 11.7. The van der Waals surface area contributed by atoms with Gasteiger partial charge in [0.15, 0.2) is 0 Å². The van der Waals surface area contributed by atoms with E-state index in [9.17, 15) is 0 Å². The molecular formula is C12H26N4O2. The van der Waals surface area contributed by atoms with Gasteiger partial charge in [0.2, 0.25) is 5.96 Å². The topological polar surface area (TPSA) is 72.1 Å². The Bertz CT molecular complexity index is 260. The third-order valence-corrected chi connectivity index (χ3v) is 3.39. The number of nitrogens with two attached hydrogens (primary N) is 1. The van der Waals surface area contributed by atoms with E-state index in [4.69, 9.17) is 15.3 Å². The predicted molar refractivity (Wildman–Crippen MR) is 72.3 cm³/mol. The molecule has 1 heterocycles. The van der Waals surface area contributed by atoms with E-state index < -0.39 is 0 Å². The van der Waals surface area contributed by atoms with E-state index >= 15 is 0 Å². The first-order chi connectivity index (χ1) is 8.72. The summed E-state index contributed by atoms with van der Waals surface area (Å²) in [5.74, 6) is 6.88. The summed E-state index contributed by atoms with van der Waals surface area (Å²) < 4.78 is 10.5. The van der Waals surface area contributed by atoms with Crippen molar-refractivity contribution in [2.45, 2.75) is 25.9 Å². The van der Waals surface area contributed by atoms with E-state index in [0.717, 1.165) is 45.0 Å². The molecule has 2 atom stereocenters. The molecule has 18 heavy (non-hydrogen) atoms. The van der Waals surface area contributed by atoms with Crippen molar-refractivity contribution in [3.8, 4) is 0 Å². The van der Waals surface area contributed by atoms with Crippen molar-refractivity contribution in [1.82, 2.24) is 10.3 Å². The number of hydrogen-bond acceptors (Lipinski definition) is 4. The molecule has 0 spiro atoms. The molecule has 1 rings (SSSR count). The molecule has 1 aliphatic heterocycles. The molecule has 0 amide bonds. The van der Waals surface area contributed by atoms with E-state index in [1.807, 2.05) is 0 Å². The number of rotatable bonds is 5. The zero-order chi connectivity index (χ0) is 13.4. The monoisotopic (exact) mass is 258 g/mol. The first kappa shape index (κ1) is 15.2. The fraction of sp³-hybridized carbons (Fsp3) is 0.917. The lowest BCUT2D eigenvalue weighted by atomic mass is 9.96. The molecule has 2 unspecified atom stereocenters. The SMILES string of the molecule is COCCCN=C(NN)N1CCC(C)C(OC)C1. The average Bonchev–Trinajstić information content (AvgIpc) is 2.40. The highest BCUT2D eigenvalue weighted by Gasteiger charge is 2.27. The fourth-order valence-corrected chi connectivity index (χ4v) is 2.16. The van der Waals surface area contributed by atoms with Gasteiger partial charge in [-0.1, -0.05) is 6.92 Å². The van der Waals surface area contributed by atoms with Gasteiger partial charge in [-0.15, -0.1) is 0 Å². The fourth-order valence-electron chi connectivity index (χ4n) is 2.16. The van der Waals surface area contributed by atoms with Gasteiger partial charge in [0, 0.05) is 40.5 Å². The average molecular weight is 258 g/mol. The molecule has 0 aromatic carbocycles. The lowest BCUT2D eigenvalue weighted by Crippen LogP contribution is -2.52. The summed E-state index contributed by atoms with van der Waals surface area (Å²) in [6.07, 6.45) is 2.24. The number of methoxy groups -OCH3 is 2. The molecule has 0 aliphatic carbocycles. The summed E-state index contributed by atoms with van der Waals surface area (Å²) in [7, 11) is 3.46. The normalized spacial score (nSPS) is 25.3. The number of nitrogens with zero attached hydrogens (tertiary/aromatic N) is 2. The van der Waals surface area contributed by atoms with E-state index in [0.29, 0.717) is 5.92 Å². The number of hydrogen-bond donors (Lipinski definition) is 2. The van der Waals surface area contributed by atoms with Crippen LogP contribution in [0.3, 0.4) is 0 Å². The predicted octanol–water partition coefficient (Wildman–Crippen LogP) is 0.199. The van der Waals surface area contributed by atoms with Crippen molar-refractivity contribution in [3.05, 3.63) is 0 Å². The zero-order valence-corrected chi connectivity index (χ0v) is 11.7. The van der Waals surface area contributed by atoms with Crippen LogP contribution < -0.4 is 11.3 Å². The van der Waals surface area contributed by atoms with Crippen molar-refractivity contribution in [2.75, 3.05) is 40.5 Å².